The number of halogens is 1. The summed E-state index contributed by atoms with van der Waals surface area (Å²) in [6, 6.07) is 12.2. The average Bonchev–Trinajstić information content (AvgIpc) is 2.77. The molecule has 2 aromatic heterocycles. The van der Waals surface area contributed by atoms with Crippen molar-refractivity contribution in [2.75, 3.05) is 10.5 Å². The van der Waals surface area contributed by atoms with Crippen LogP contribution in [0.15, 0.2) is 53.7 Å². The molecule has 1 aromatic carbocycles. The molecule has 0 saturated heterocycles. The second kappa shape index (κ2) is 5.19. The molecule has 3 rings (SSSR count). The van der Waals surface area contributed by atoms with Crippen LogP contribution in [0.4, 0.5) is 11.5 Å². The minimum absolute atomic E-state index is 0.0285. The Kier molecular flexibility index (Phi) is 3.49. The van der Waals surface area contributed by atoms with Crippen LogP contribution in [-0.2, 0) is 10.0 Å². The number of hydrogen-bond donors (Lipinski definition) is 2. The predicted molar refractivity (Wildman–Crippen MR) is 89.6 cm³/mol. The van der Waals surface area contributed by atoms with E-state index < -0.39 is 10.0 Å². The molecule has 0 fully saturated rings. The number of nitrogens with zero attached hydrogens (tertiary/aromatic N) is 2. The fourth-order valence-corrected chi connectivity index (χ4v) is 3.62. The Morgan fingerprint density at radius 1 is 1.14 bits per heavy atom. The first kappa shape index (κ1) is 14.1. The molecule has 0 aliphatic heterocycles. The lowest BCUT2D eigenvalue weighted by Crippen LogP contribution is -2.16. The van der Waals surface area contributed by atoms with Gasteiger partial charge in [0.15, 0.2) is 5.82 Å². The molecule has 3 N–H and O–H groups in total. The van der Waals surface area contributed by atoms with Crippen LogP contribution in [0.1, 0.15) is 0 Å². The van der Waals surface area contributed by atoms with Crippen LogP contribution in [0.25, 0.3) is 5.65 Å². The van der Waals surface area contributed by atoms with E-state index in [1.165, 1.54) is 4.40 Å². The smallest absolute Gasteiger partial charge is 0.281 e. The van der Waals surface area contributed by atoms with Crippen molar-refractivity contribution >= 4 is 49.8 Å². The summed E-state index contributed by atoms with van der Waals surface area (Å²) in [5, 5.41) is -0.0587. The molecule has 108 valence electrons. The van der Waals surface area contributed by atoms with E-state index in [4.69, 9.17) is 5.73 Å². The van der Waals surface area contributed by atoms with E-state index in [-0.39, 0.29) is 10.8 Å². The van der Waals surface area contributed by atoms with Crippen molar-refractivity contribution in [1.29, 1.82) is 0 Å². The number of nitrogen functional groups attached to an aromatic ring is 1. The molecule has 0 amide bonds. The average molecular weight is 414 g/mol. The maximum absolute atomic E-state index is 12.5. The molecule has 0 aliphatic rings. The Hall–Kier alpha value is -1.81. The maximum atomic E-state index is 12.5. The van der Waals surface area contributed by atoms with Crippen molar-refractivity contribution in [3.8, 4) is 0 Å². The topological polar surface area (TPSA) is 89.5 Å². The van der Waals surface area contributed by atoms with E-state index in [0.29, 0.717) is 11.3 Å². The quantitative estimate of drug-likeness (QED) is 0.644. The van der Waals surface area contributed by atoms with Gasteiger partial charge in [-0.2, -0.15) is 8.42 Å². The zero-order chi connectivity index (χ0) is 15.0. The molecule has 3 aromatic rings. The Labute approximate surface area is 135 Å². The highest BCUT2D eigenvalue weighted by molar-refractivity contribution is 14.1. The number of nitrogens with one attached hydrogen (secondary N) is 1. The van der Waals surface area contributed by atoms with E-state index >= 15 is 0 Å². The van der Waals surface area contributed by atoms with Crippen LogP contribution in [0.3, 0.4) is 0 Å². The molecule has 0 spiro atoms. The van der Waals surface area contributed by atoms with Gasteiger partial charge in [0.2, 0.25) is 5.03 Å². The number of pyridine rings is 1. The molecule has 8 heteroatoms. The summed E-state index contributed by atoms with van der Waals surface area (Å²) in [4.78, 5) is 4.06. The number of rotatable bonds is 3. The third-order valence-electron chi connectivity index (χ3n) is 2.86. The molecule has 6 nitrogen and oxygen atoms in total. The zero-order valence-corrected chi connectivity index (χ0v) is 13.7. The van der Waals surface area contributed by atoms with Gasteiger partial charge in [-0.05, 0) is 59.0 Å². The van der Waals surface area contributed by atoms with Gasteiger partial charge < -0.3 is 5.73 Å². The monoisotopic (exact) mass is 414 g/mol. The van der Waals surface area contributed by atoms with Crippen molar-refractivity contribution in [2.24, 2.45) is 0 Å². The van der Waals surface area contributed by atoms with E-state index in [2.05, 4.69) is 32.3 Å². The lowest BCUT2D eigenvalue weighted by Gasteiger charge is -2.08. The Balaban J connectivity index is 2.08. The number of sulfonamides is 1. The van der Waals surface area contributed by atoms with Crippen LogP contribution in [0, 0.1) is 3.57 Å². The first-order valence-electron chi connectivity index (χ1n) is 5.98. The number of benzene rings is 1. The summed E-state index contributed by atoms with van der Waals surface area (Å²) in [7, 11) is -3.82. The lowest BCUT2D eigenvalue weighted by atomic mass is 10.3. The Morgan fingerprint density at radius 3 is 2.57 bits per heavy atom. The van der Waals surface area contributed by atoms with Crippen molar-refractivity contribution in [3.63, 3.8) is 0 Å². The van der Waals surface area contributed by atoms with Gasteiger partial charge in [-0.3, -0.25) is 9.12 Å². The number of anilines is 2. The van der Waals surface area contributed by atoms with Crippen LogP contribution in [0.2, 0.25) is 0 Å². The lowest BCUT2D eigenvalue weighted by molar-refractivity contribution is 0.597. The second-order valence-corrected chi connectivity index (χ2v) is 7.19. The van der Waals surface area contributed by atoms with Gasteiger partial charge in [0.25, 0.3) is 10.0 Å². The van der Waals surface area contributed by atoms with Crippen molar-refractivity contribution < 1.29 is 8.42 Å². The molecule has 0 unspecified atom stereocenters. The highest BCUT2D eigenvalue weighted by Gasteiger charge is 2.23. The minimum Gasteiger partial charge on any atom is -0.381 e. The first-order valence-corrected chi connectivity index (χ1v) is 8.54. The molecule has 0 bridgehead atoms. The van der Waals surface area contributed by atoms with E-state index in [1.54, 1.807) is 36.5 Å². The third kappa shape index (κ3) is 2.68. The Morgan fingerprint density at radius 2 is 1.86 bits per heavy atom. The van der Waals surface area contributed by atoms with Gasteiger partial charge in [-0.15, -0.1) is 0 Å². The zero-order valence-electron chi connectivity index (χ0n) is 10.7. The molecule has 0 aliphatic carbocycles. The van der Waals surface area contributed by atoms with Crippen LogP contribution in [-0.4, -0.2) is 17.8 Å². The van der Waals surface area contributed by atoms with Gasteiger partial charge in [0.1, 0.15) is 5.65 Å². The van der Waals surface area contributed by atoms with Gasteiger partial charge in [0.05, 0.1) is 0 Å². The van der Waals surface area contributed by atoms with Crippen molar-refractivity contribution in [1.82, 2.24) is 9.38 Å². The summed E-state index contributed by atoms with van der Waals surface area (Å²) < 4.78 is 30.0. The van der Waals surface area contributed by atoms with Crippen LogP contribution in [0.5, 0.6) is 0 Å². The largest absolute Gasteiger partial charge is 0.381 e. The summed E-state index contributed by atoms with van der Waals surface area (Å²) in [5.74, 6) is -0.0285. The highest BCUT2D eigenvalue weighted by atomic mass is 127. The number of imidazole rings is 1. The molecule has 21 heavy (non-hydrogen) atoms. The number of hydrogen-bond acceptors (Lipinski definition) is 4. The van der Waals surface area contributed by atoms with Crippen LogP contribution < -0.4 is 10.5 Å². The Bertz CT molecular complexity index is 904. The summed E-state index contributed by atoms with van der Waals surface area (Å²) in [6.07, 6.45) is 1.61. The third-order valence-corrected chi connectivity index (χ3v) is 5.00. The summed E-state index contributed by atoms with van der Waals surface area (Å²) >= 11 is 2.15. The molecule has 0 saturated carbocycles. The highest BCUT2D eigenvalue weighted by Crippen LogP contribution is 2.23. The van der Waals surface area contributed by atoms with Gasteiger partial charge in [0, 0.05) is 15.5 Å². The normalized spacial score (nSPS) is 11.7. The fourth-order valence-electron chi connectivity index (χ4n) is 1.98. The van der Waals surface area contributed by atoms with E-state index in [0.717, 1.165) is 3.57 Å². The van der Waals surface area contributed by atoms with Gasteiger partial charge in [-0.1, -0.05) is 6.07 Å². The fraction of sp³-hybridized carbons (Fsp3) is 0. The second-order valence-electron chi connectivity index (χ2n) is 4.34. The molecular formula is C13H11IN4O2S. The molecule has 2 heterocycles. The summed E-state index contributed by atoms with van der Waals surface area (Å²) in [6.45, 7) is 0. The number of nitrogens with two attached hydrogens (primary N) is 1. The molecular weight excluding hydrogens is 403 g/mol. The first-order chi connectivity index (χ1) is 9.97. The number of aromatic nitrogens is 2. The SMILES string of the molecule is Nc1nc2ccccn2c1S(=O)(=O)Nc1ccc(I)cc1. The minimum atomic E-state index is -3.82. The van der Waals surface area contributed by atoms with Gasteiger partial charge in [-0.25, -0.2) is 4.98 Å². The summed E-state index contributed by atoms with van der Waals surface area (Å²) in [5.41, 5.74) is 6.72. The molecule has 0 radical (unpaired) electrons. The number of fused-ring (bicyclic) bond motifs is 1. The van der Waals surface area contributed by atoms with Gasteiger partial charge >= 0.3 is 0 Å². The molecule has 0 atom stereocenters. The van der Waals surface area contributed by atoms with Crippen molar-refractivity contribution in [3.05, 3.63) is 52.2 Å². The van der Waals surface area contributed by atoms with E-state index in [9.17, 15) is 8.42 Å². The predicted octanol–water partition coefficient (Wildman–Crippen LogP) is 2.32. The van der Waals surface area contributed by atoms with E-state index in [1.807, 2.05) is 12.1 Å². The van der Waals surface area contributed by atoms with Crippen molar-refractivity contribution in [2.45, 2.75) is 5.03 Å². The van der Waals surface area contributed by atoms with Crippen LogP contribution >= 0.6 is 22.6 Å². The maximum Gasteiger partial charge on any atom is 0.281 e. The standard InChI is InChI=1S/C13H11IN4O2S/c14-9-4-6-10(7-5-9)17-21(19,20)13-12(15)16-11-3-1-2-8-18(11)13/h1-8,17H,15H2.